The fourth-order valence-electron chi connectivity index (χ4n) is 1.21. The number of hydrogen-bond donors (Lipinski definition) is 2. The third kappa shape index (κ3) is 4.87. The third-order valence-electron chi connectivity index (χ3n) is 2.02. The van der Waals surface area contributed by atoms with Crippen LogP contribution in [-0.2, 0) is 13.0 Å². The molecular weight excluding hydrogens is 232 g/mol. The van der Waals surface area contributed by atoms with Crippen molar-refractivity contribution in [2.24, 2.45) is 4.99 Å². The molecule has 0 aliphatic rings. The summed E-state index contributed by atoms with van der Waals surface area (Å²) in [5, 5.41) is 7.20. The molecule has 0 aliphatic carbocycles. The third-order valence-corrected chi connectivity index (χ3v) is 3.15. The zero-order chi connectivity index (χ0) is 12.5. The van der Waals surface area contributed by atoms with Gasteiger partial charge in [-0.15, -0.1) is 17.8 Å². The van der Waals surface area contributed by atoms with Crippen molar-refractivity contribution < 1.29 is 0 Å². The van der Waals surface area contributed by atoms with Gasteiger partial charge in [0.2, 0.25) is 0 Å². The summed E-state index contributed by atoms with van der Waals surface area (Å²) in [5.74, 6) is 3.26. The predicted molar refractivity (Wildman–Crippen MR) is 73.1 cm³/mol. The van der Waals surface area contributed by atoms with E-state index in [9.17, 15) is 0 Å². The van der Waals surface area contributed by atoms with Crippen LogP contribution in [0.4, 0.5) is 0 Å². The van der Waals surface area contributed by atoms with Gasteiger partial charge in [0.1, 0.15) is 5.01 Å². The molecule has 2 N–H and O–H groups in total. The fraction of sp³-hybridized carbons (Fsp3) is 0.500. The summed E-state index contributed by atoms with van der Waals surface area (Å²) in [6.07, 6.45) is 8.13. The number of nitrogens with zero attached hydrogens (tertiary/aromatic N) is 2. The molecule has 1 aromatic rings. The summed E-state index contributed by atoms with van der Waals surface area (Å²) in [6, 6.07) is 0. The summed E-state index contributed by atoms with van der Waals surface area (Å²) in [4.78, 5) is 10.0. The van der Waals surface area contributed by atoms with Crippen LogP contribution in [-0.4, -0.2) is 24.0 Å². The number of aliphatic imine (C=N–C) groups is 1. The van der Waals surface area contributed by atoms with Gasteiger partial charge in [-0.1, -0.05) is 12.8 Å². The molecule has 1 rings (SSSR count). The first-order chi connectivity index (χ1) is 8.30. The summed E-state index contributed by atoms with van der Waals surface area (Å²) in [7, 11) is 0. The number of nitrogens with one attached hydrogen (secondary N) is 2. The number of aromatic nitrogens is 1. The van der Waals surface area contributed by atoms with Crippen molar-refractivity contribution in [3.8, 4) is 12.3 Å². The maximum atomic E-state index is 5.20. The lowest BCUT2D eigenvalue weighted by atomic mass is 10.4. The maximum Gasteiger partial charge on any atom is 0.192 e. The quantitative estimate of drug-likeness (QED) is 0.472. The highest BCUT2D eigenvalue weighted by molar-refractivity contribution is 7.11. The molecule has 0 saturated carbocycles. The number of thiazole rings is 1. The van der Waals surface area contributed by atoms with E-state index in [1.54, 1.807) is 11.3 Å². The Morgan fingerprint density at radius 2 is 2.35 bits per heavy atom. The van der Waals surface area contributed by atoms with Crippen molar-refractivity contribution in [1.29, 1.82) is 0 Å². The van der Waals surface area contributed by atoms with Crippen LogP contribution in [0.2, 0.25) is 0 Å². The Kier molecular flexibility index (Phi) is 6.12. The minimum absolute atomic E-state index is 0.476. The Hall–Kier alpha value is -1.54. The number of hydrogen-bond acceptors (Lipinski definition) is 3. The SMILES string of the molecule is C#CCNC(=NCc1ncc(CC)s1)NCC. The highest BCUT2D eigenvalue weighted by Gasteiger charge is 2.00. The zero-order valence-corrected chi connectivity index (χ0v) is 11.1. The van der Waals surface area contributed by atoms with E-state index >= 15 is 0 Å². The Morgan fingerprint density at radius 3 is 2.94 bits per heavy atom. The number of guanidine groups is 1. The van der Waals surface area contributed by atoms with Gasteiger partial charge in [-0.3, -0.25) is 0 Å². The van der Waals surface area contributed by atoms with Gasteiger partial charge >= 0.3 is 0 Å². The van der Waals surface area contributed by atoms with Gasteiger partial charge in [0.15, 0.2) is 5.96 Å². The molecule has 0 unspecified atom stereocenters. The average Bonchev–Trinajstić information content (AvgIpc) is 2.80. The van der Waals surface area contributed by atoms with Gasteiger partial charge in [-0.25, -0.2) is 9.98 Å². The molecule has 0 spiro atoms. The number of rotatable bonds is 5. The molecule has 5 heteroatoms. The average molecular weight is 250 g/mol. The van der Waals surface area contributed by atoms with Crippen LogP contribution < -0.4 is 10.6 Å². The minimum atomic E-state index is 0.476. The topological polar surface area (TPSA) is 49.3 Å². The molecule has 1 aromatic heterocycles. The Labute approximate surface area is 107 Å². The first kappa shape index (κ1) is 13.5. The second kappa shape index (κ2) is 7.69. The van der Waals surface area contributed by atoms with E-state index in [1.807, 2.05) is 13.1 Å². The zero-order valence-electron chi connectivity index (χ0n) is 10.3. The van der Waals surface area contributed by atoms with E-state index < -0.39 is 0 Å². The van der Waals surface area contributed by atoms with Crippen molar-refractivity contribution in [2.75, 3.05) is 13.1 Å². The Morgan fingerprint density at radius 1 is 1.53 bits per heavy atom. The molecule has 4 nitrogen and oxygen atoms in total. The summed E-state index contributed by atoms with van der Waals surface area (Å²) < 4.78 is 0. The first-order valence-corrected chi connectivity index (χ1v) is 6.51. The lowest BCUT2D eigenvalue weighted by molar-refractivity contribution is 0.863. The normalized spacial score (nSPS) is 11.0. The van der Waals surface area contributed by atoms with E-state index in [1.165, 1.54) is 4.88 Å². The molecule has 92 valence electrons. The van der Waals surface area contributed by atoms with Gasteiger partial charge in [0, 0.05) is 17.6 Å². The molecule has 0 aliphatic heterocycles. The summed E-state index contributed by atoms with van der Waals surface area (Å²) in [6.45, 7) is 6.02. The van der Waals surface area contributed by atoms with E-state index in [0.717, 1.165) is 23.9 Å². The van der Waals surface area contributed by atoms with Gasteiger partial charge in [-0.2, -0.15) is 0 Å². The van der Waals surface area contributed by atoms with Crippen molar-refractivity contribution >= 4 is 17.3 Å². The van der Waals surface area contributed by atoms with Crippen LogP contribution >= 0.6 is 11.3 Å². The largest absolute Gasteiger partial charge is 0.357 e. The highest BCUT2D eigenvalue weighted by atomic mass is 32.1. The van der Waals surface area contributed by atoms with Crippen LogP contribution in [0, 0.1) is 12.3 Å². The summed E-state index contributed by atoms with van der Waals surface area (Å²) >= 11 is 1.70. The van der Waals surface area contributed by atoms with Crippen LogP contribution in [0.3, 0.4) is 0 Å². The molecule has 0 fully saturated rings. The minimum Gasteiger partial charge on any atom is -0.357 e. The van der Waals surface area contributed by atoms with Gasteiger partial charge < -0.3 is 10.6 Å². The number of terminal acetylenes is 1. The Bertz CT molecular complexity index is 403. The van der Waals surface area contributed by atoms with E-state index in [2.05, 4.69) is 33.5 Å². The van der Waals surface area contributed by atoms with E-state index in [0.29, 0.717) is 13.1 Å². The van der Waals surface area contributed by atoms with Gasteiger partial charge in [0.25, 0.3) is 0 Å². The fourth-order valence-corrected chi connectivity index (χ4v) is 1.99. The second-order valence-electron chi connectivity index (χ2n) is 3.33. The molecule has 0 aromatic carbocycles. The van der Waals surface area contributed by atoms with Crippen molar-refractivity contribution in [2.45, 2.75) is 26.8 Å². The molecule has 0 amide bonds. The maximum absolute atomic E-state index is 5.20. The lowest BCUT2D eigenvalue weighted by Gasteiger charge is -2.07. The molecule has 0 atom stereocenters. The molecular formula is C12H18N4S. The van der Waals surface area contributed by atoms with Crippen LogP contribution in [0.15, 0.2) is 11.2 Å². The van der Waals surface area contributed by atoms with Crippen LogP contribution in [0.25, 0.3) is 0 Å². The van der Waals surface area contributed by atoms with Crippen molar-refractivity contribution in [3.63, 3.8) is 0 Å². The first-order valence-electron chi connectivity index (χ1n) is 5.69. The van der Waals surface area contributed by atoms with Crippen molar-refractivity contribution in [3.05, 3.63) is 16.1 Å². The molecule has 1 heterocycles. The van der Waals surface area contributed by atoms with Crippen LogP contribution in [0.1, 0.15) is 23.7 Å². The Balaban J connectivity index is 2.55. The predicted octanol–water partition coefficient (Wildman–Crippen LogP) is 1.39. The number of aryl methyl sites for hydroxylation is 1. The summed E-state index contributed by atoms with van der Waals surface area (Å²) in [5.41, 5.74) is 0. The standard InChI is InChI=1S/C12H18N4S/c1-4-7-14-12(13-6-3)16-9-11-15-8-10(5-2)17-11/h1,8H,5-7,9H2,2-3H3,(H2,13,14,16). The monoisotopic (exact) mass is 250 g/mol. The second-order valence-corrected chi connectivity index (χ2v) is 4.53. The van der Waals surface area contributed by atoms with Crippen molar-refractivity contribution in [1.82, 2.24) is 15.6 Å². The smallest absolute Gasteiger partial charge is 0.192 e. The molecule has 0 bridgehead atoms. The lowest BCUT2D eigenvalue weighted by Crippen LogP contribution is -2.37. The molecule has 0 radical (unpaired) electrons. The van der Waals surface area contributed by atoms with Crippen LogP contribution in [0.5, 0.6) is 0 Å². The highest BCUT2D eigenvalue weighted by Crippen LogP contribution is 2.13. The molecule has 17 heavy (non-hydrogen) atoms. The van der Waals surface area contributed by atoms with E-state index in [-0.39, 0.29) is 0 Å². The molecule has 0 saturated heterocycles. The van der Waals surface area contributed by atoms with Gasteiger partial charge in [-0.05, 0) is 13.3 Å². The van der Waals surface area contributed by atoms with E-state index in [4.69, 9.17) is 6.42 Å². The van der Waals surface area contributed by atoms with Gasteiger partial charge in [0.05, 0.1) is 13.1 Å².